The molecule has 0 bridgehead atoms. The van der Waals surface area contributed by atoms with Crippen LogP contribution in [-0.4, -0.2) is 23.8 Å². The maximum atomic E-state index is 10.5. The summed E-state index contributed by atoms with van der Waals surface area (Å²) in [5.74, 6) is 3.60. The van der Waals surface area contributed by atoms with Crippen molar-refractivity contribution in [2.45, 2.75) is 98.8 Å². The maximum absolute atomic E-state index is 10.5. The molecule has 0 aliphatic heterocycles. The van der Waals surface area contributed by atoms with E-state index in [1.165, 1.54) is 25.7 Å². The highest BCUT2D eigenvalue weighted by Gasteiger charge is 2.36. The van der Waals surface area contributed by atoms with Crippen LogP contribution in [0.5, 0.6) is 0 Å². The molecule has 0 saturated heterocycles. The second-order valence-corrected chi connectivity index (χ2v) is 9.31. The van der Waals surface area contributed by atoms with E-state index in [4.69, 9.17) is 9.47 Å². The van der Waals surface area contributed by atoms with E-state index in [0.717, 1.165) is 12.8 Å². The van der Waals surface area contributed by atoms with Crippen LogP contribution >= 0.6 is 0 Å². The number of ether oxygens (including phenoxy) is 2. The van der Waals surface area contributed by atoms with Crippen molar-refractivity contribution in [1.29, 1.82) is 0 Å². The molecule has 0 amide bonds. The first-order chi connectivity index (χ1) is 11.3. The second kappa shape index (κ2) is 9.00. The summed E-state index contributed by atoms with van der Waals surface area (Å²) < 4.78 is 12.1. The Morgan fingerprint density at radius 2 is 1.08 bits per heavy atom. The zero-order valence-electron chi connectivity index (χ0n) is 16.7. The molecule has 0 spiro atoms. The van der Waals surface area contributed by atoms with Crippen molar-refractivity contribution in [3.05, 3.63) is 0 Å². The lowest BCUT2D eigenvalue weighted by atomic mass is 9.75. The summed E-state index contributed by atoms with van der Waals surface area (Å²) in [6, 6.07) is 0. The van der Waals surface area contributed by atoms with Crippen molar-refractivity contribution in [1.82, 2.24) is 0 Å². The molecule has 142 valence electrons. The quantitative estimate of drug-likeness (QED) is 0.674. The average Bonchev–Trinajstić information content (AvgIpc) is 2.46. The lowest BCUT2D eigenvalue weighted by molar-refractivity contribution is -0.320. The highest BCUT2D eigenvalue weighted by Crippen LogP contribution is 2.38. The fourth-order valence-electron chi connectivity index (χ4n) is 4.87. The first-order valence-electron chi connectivity index (χ1n) is 10.3. The Bertz CT molecular complexity index is 334. The zero-order valence-corrected chi connectivity index (χ0v) is 16.7. The standard InChI is InChI=1S/C21H40O3/c1-13(2)17-9-7-15(5)11-19(17)23-21(22)24-20-12-16(6)8-10-18(20)14(3)4/h13-22H,7-12H2,1-6H3. The number of rotatable bonds is 6. The molecule has 2 aliphatic carbocycles. The van der Waals surface area contributed by atoms with Gasteiger partial charge in [0.05, 0.1) is 12.2 Å². The molecule has 2 fully saturated rings. The number of hydrogen-bond donors (Lipinski definition) is 1. The molecule has 2 aliphatic rings. The van der Waals surface area contributed by atoms with Crippen LogP contribution in [-0.2, 0) is 9.47 Å². The van der Waals surface area contributed by atoms with Crippen LogP contribution in [0.1, 0.15) is 80.1 Å². The van der Waals surface area contributed by atoms with Gasteiger partial charge >= 0.3 is 0 Å². The molecule has 2 rings (SSSR count). The first kappa shape index (κ1) is 20.2. The first-order valence-corrected chi connectivity index (χ1v) is 10.3. The van der Waals surface area contributed by atoms with Gasteiger partial charge < -0.3 is 14.6 Å². The van der Waals surface area contributed by atoms with E-state index in [0.29, 0.717) is 35.5 Å². The van der Waals surface area contributed by atoms with Crippen LogP contribution in [0.2, 0.25) is 0 Å². The Labute approximate surface area is 149 Å². The van der Waals surface area contributed by atoms with E-state index >= 15 is 0 Å². The van der Waals surface area contributed by atoms with Gasteiger partial charge in [-0.2, -0.15) is 0 Å². The predicted molar refractivity (Wildman–Crippen MR) is 98.4 cm³/mol. The molecule has 1 N–H and O–H groups in total. The van der Waals surface area contributed by atoms with Crippen LogP contribution in [0.15, 0.2) is 0 Å². The molecule has 24 heavy (non-hydrogen) atoms. The third-order valence-corrected chi connectivity index (χ3v) is 6.51. The van der Waals surface area contributed by atoms with Gasteiger partial charge in [0.1, 0.15) is 0 Å². The summed E-state index contributed by atoms with van der Waals surface area (Å²) in [6.07, 6.45) is 7.28. The minimum atomic E-state index is -1.07. The maximum Gasteiger partial charge on any atom is 0.269 e. The topological polar surface area (TPSA) is 38.7 Å². The van der Waals surface area contributed by atoms with Gasteiger partial charge in [0.15, 0.2) is 0 Å². The SMILES string of the molecule is CC1CCC(C(C)C)C(OC(O)OC2CC(C)CCC2C(C)C)C1. The van der Waals surface area contributed by atoms with E-state index in [-0.39, 0.29) is 12.2 Å². The third-order valence-electron chi connectivity index (χ3n) is 6.51. The molecule has 0 aromatic heterocycles. The average molecular weight is 341 g/mol. The molecule has 6 atom stereocenters. The van der Waals surface area contributed by atoms with E-state index in [2.05, 4.69) is 41.5 Å². The summed E-state index contributed by atoms with van der Waals surface area (Å²) in [5, 5.41) is 10.5. The van der Waals surface area contributed by atoms with E-state index in [1.807, 2.05) is 0 Å². The van der Waals surface area contributed by atoms with Gasteiger partial charge in [0.25, 0.3) is 6.48 Å². The van der Waals surface area contributed by atoms with Crippen LogP contribution in [0.4, 0.5) is 0 Å². The Hall–Kier alpha value is -0.120. The van der Waals surface area contributed by atoms with Crippen molar-refractivity contribution in [2.24, 2.45) is 35.5 Å². The van der Waals surface area contributed by atoms with Gasteiger partial charge in [-0.25, -0.2) is 0 Å². The van der Waals surface area contributed by atoms with Gasteiger partial charge in [-0.1, -0.05) is 54.4 Å². The molecule has 0 heterocycles. The lowest BCUT2D eigenvalue weighted by Crippen LogP contribution is -2.41. The summed E-state index contributed by atoms with van der Waals surface area (Å²) >= 11 is 0. The highest BCUT2D eigenvalue weighted by atomic mass is 16.8. The molecule has 0 radical (unpaired) electrons. The Balaban J connectivity index is 1.93. The molecule has 3 nitrogen and oxygen atoms in total. The van der Waals surface area contributed by atoms with Crippen LogP contribution in [0, 0.1) is 35.5 Å². The van der Waals surface area contributed by atoms with Crippen molar-refractivity contribution < 1.29 is 14.6 Å². The fraction of sp³-hybridized carbons (Fsp3) is 1.00. The monoisotopic (exact) mass is 340 g/mol. The summed E-state index contributed by atoms with van der Waals surface area (Å²) in [7, 11) is 0. The molecule has 0 aromatic carbocycles. The minimum Gasteiger partial charge on any atom is -0.346 e. The second-order valence-electron chi connectivity index (χ2n) is 9.31. The van der Waals surface area contributed by atoms with Crippen molar-refractivity contribution in [3.63, 3.8) is 0 Å². The van der Waals surface area contributed by atoms with Gasteiger partial charge in [-0.05, 0) is 61.2 Å². The smallest absolute Gasteiger partial charge is 0.269 e. The van der Waals surface area contributed by atoms with Crippen molar-refractivity contribution in [3.8, 4) is 0 Å². The van der Waals surface area contributed by atoms with Gasteiger partial charge in [0.2, 0.25) is 0 Å². The fourth-order valence-corrected chi connectivity index (χ4v) is 4.87. The predicted octanol–water partition coefficient (Wildman–Crippen LogP) is 5.22. The molecule has 3 heteroatoms. The number of aliphatic hydroxyl groups is 1. The minimum absolute atomic E-state index is 0.127. The van der Waals surface area contributed by atoms with E-state index < -0.39 is 6.48 Å². The molecular formula is C21H40O3. The summed E-state index contributed by atoms with van der Waals surface area (Å²) in [5.41, 5.74) is 0. The summed E-state index contributed by atoms with van der Waals surface area (Å²) in [6.45, 7) is 12.6. The van der Waals surface area contributed by atoms with Gasteiger partial charge in [-0.3, -0.25) is 0 Å². The third kappa shape index (κ3) is 5.44. The molecule has 6 unspecified atom stereocenters. The zero-order chi connectivity index (χ0) is 17.9. The van der Waals surface area contributed by atoms with E-state index in [1.54, 1.807) is 0 Å². The van der Waals surface area contributed by atoms with Crippen molar-refractivity contribution >= 4 is 0 Å². The van der Waals surface area contributed by atoms with Crippen LogP contribution in [0.25, 0.3) is 0 Å². The van der Waals surface area contributed by atoms with E-state index in [9.17, 15) is 5.11 Å². The van der Waals surface area contributed by atoms with Crippen molar-refractivity contribution in [2.75, 3.05) is 0 Å². The Kier molecular flexibility index (Phi) is 7.58. The number of hydrogen-bond acceptors (Lipinski definition) is 3. The van der Waals surface area contributed by atoms with Crippen LogP contribution < -0.4 is 0 Å². The normalized spacial score (nSPS) is 39.4. The highest BCUT2D eigenvalue weighted by molar-refractivity contribution is 4.83. The largest absolute Gasteiger partial charge is 0.346 e. The van der Waals surface area contributed by atoms with Crippen LogP contribution in [0.3, 0.4) is 0 Å². The molecule has 2 saturated carbocycles. The van der Waals surface area contributed by atoms with Gasteiger partial charge in [0, 0.05) is 0 Å². The Morgan fingerprint density at radius 1 is 0.708 bits per heavy atom. The van der Waals surface area contributed by atoms with Gasteiger partial charge in [-0.15, -0.1) is 0 Å². The lowest BCUT2D eigenvalue weighted by Gasteiger charge is -2.41. The Morgan fingerprint density at radius 3 is 1.42 bits per heavy atom. The molecule has 0 aromatic rings. The number of aliphatic hydroxyl groups excluding tert-OH is 1. The molecular weight excluding hydrogens is 300 g/mol. The summed E-state index contributed by atoms with van der Waals surface area (Å²) in [4.78, 5) is 0.